The van der Waals surface area contributed by atoms with E-state index < -0.39 is 34.7 Å². The zero-order valence-electron chi connectivity index (χ0n) is 19.2. The van der Waals surface area contributed by atoms with Gasteiger partial charge in [-0.25, -0.2) is 13.8 Å². The first-order valence-corrected chi connectivity index (χ1v) is 11.6. The second kappa shape index (κ2) is 9.75. The number of aryl methyl sites for hydroxylation is 1. The summed E-state index contributed by atoms with van der Waals surface area (Å²) in [4.78, 5) is 42.9. The number of thiophene rings is 1. The summed E-state index contributed by atoms with van der Waals surface area (Å²) in [5, 5.41) is 5.14. The number of nitrogens with zero attached hydrogens (tertiary/aromatic N) is 2. The highest BCUT2D eigenvalue weighted by Crippen LogP contribution is 2.28. The molecule has 0 atom stereocenters. The second-order valence-electron chi connectivity index (χ2n) is 8.29. The summed E-state index contributed by atoms with van der Waals surface area (Å²) < 4.78 is 29.0. The number of rotatable bonds is 6. The van der Waals surface area contributed by atoms with Gasteiger partial charge < -0.3 is 10.6 Å². The lowest BCUT2D eigenvalue weighted by Crippen LogP contribution is -2.28. The fourth-order valence-electron chi connectivity index (χ4n) is 3.58. The van der Waals surface area contributed by atoms with Gasteiger partial charge in [-0.1, -0.05) is 32.0 Å². The van der Waals surface area contributed by atoms with Crippen LogP contribution in [0.3, 0.4) is 0 Å². The highest BCUT2D eigenvalue weighted by Gasteiger charge is 2.22. The van der Waals surface area contributed by atoms with Crippen molar-refractivity contribution in [2.75, 3.05) is 10.6 Å². The molecule has 7 nitrogen and oxygen atoms in total. The molecule has 35 heavy (non-hydrogen) atoms. The Balaban J connectivity index is 1.56. The van der Waals surface area contributed by atoms with E-state index in [4.69, 9.17) is 0 Å². The van der Waals surface area contributed by atoms with Gasteiger partial charge in [-0.2, -0.15) is 0 Å². The Labute approximate surface area is 203 Å². The number of aromatic nitrogens is 2. The number of carbonyl (C=O) groups is 2. The van der Waals surface area contributed by atoms with Crippen molar-refractivity contribution in [3.63, 3.8) is 0 Å². The lowest BCUT2D eigenvalue weighted by atomic mass is 10.0. The van der Waals surface area contributed by atoms with Crippen LogP contribution in [0.4, 0.5) is 20.2 Å². The third kappa shape index (κ3) is 4.97. The quantitative estimate of drug-likeness (QED) is 0.390. The summed E-state index contributed by atoms with van der Waals surface area (Å²) in [6, 6.07) is 10.7. The largest absolute Gasteiger partial charge is 0.325 e. The molecule has 0 unspecified atom stereocenters. The molecule has 0 fully saturated rings. The molecule has 4 aromatic rings. The molecule has 0 bridgehead atoms. The number of hydrogen-bond acceptors (Lipinski definition) is 5. The summed E-state index contributed by atoms with van der Waals surface area (Å²) in [6.07, 6.45) is 1.24. The molecule has 2 aromatic carbocycles. The summed E-state index contributed by atoms with van der Waals surface area (Å²) >= 11 is 0.929. The van der Waals surface area contributed by atoms with Gasteiger partial charge in [0.2, 0.25) is 5.91 Å². The minimum atomic E-state index is -0.914. The summed E-state index contributed by atoms with van der Waals surface area (Å²) in [6.45, 7) is 5.42. The summed E-state index contributed by atoms with van der Waals surface area (Å²) in [5.74, 6) is -2.64. The Hall–Kier alpha value is -3.92. The SMILES string of the molecule is Cc1c(C(=O)Nc2c(F)cccc2F)sc2ncn(CC(=O)Nc3ccc(C(C)C)cc3)c(=O)c12. The molecule has 0 spiro atoms. The highest BCUT2D eigenvalue weighted by molar-refractivity contribution is 7.20. The van der Waals surface area contributed by atoms with E-state index in [2.05, 4.69) is 29.5 Å². The topological polar surface area (TPSA) is 93.1 Å². The fourth-order valence-corrected chi connectivity index (χ4v) is 4.62. The third-order valence-corrected chi connectivity index (χ3v) is 6.70. The van der Waals surface area contributed by atoms with Crippen LogP contribution in [0.2, 0.25) is 0 Å². The van der Waals surface area contributed by atoms with Crippen molar-refractivity contribution < 1.29 is 18.4 Å². The van der Waals surface area contributed by atoms with E-state index in [1.165, 1.54) is 12.4 Å². The van der Waals surface area contributed by atoms with Crippen LogP contribution < -0.4 is 16.2 Å². The molecule has 2 heterocycles. The summed E-state index contributed by atoms with van der Waals surface area (Å²) in [5.41, 5.74) is 0.991. The van der Waals surface area contributed by atoms with Gasteiger partial charge in [-0.05, 0) is 48.2 Å². The third-order valence-electron chi connectivity index (χ3n) is 5.50. The number of halogens is 2. The normalized spacial score (nSPS) is 11.1. The molecule has 2 aromatic heterocycles. The van der Waals surface area contributed by atoms with Crippen molar-refractivity contribution in [1.29, 1.82) is 0 Å². The lowest BCUT2D eigenvalue weighted by Gasteiger charge is -2.09. The maximum Gasteiger partial charge on any atom is 0.266 e. The van der Waals surface area contributed by atoms with E-state index in [1.54, 1.807) is 19.1 Å². The monoisotopic (exact) mass is 496 g/mol. The van der Waals surface area contributed by atoms with Crippen molar-refractivity contribution in [3.05, 3.63) is 86.8 Å². The zero-order valence-corrected chi connectivity index (χ0v) is 20.0. The Bertz CT molecular complexity index is 1470. The fraction of sp³-hybridized carbons (Fsp3) is 0.200. The number of hydrogen-bond donors (Lipinski definition) is 2. The van der Waals surface area contributed by atoms with E-state index in [9.17, 15) is 23.2 Å². The van der Waals surface area contributed by atoms with Crippen LogP contribution >= 0.6 is 11.3 Å². The number of amides is 2. The average molecular weight is 497 g/mol. The van der Waals surface area contributed by atoms with Crippen LogP contribution in [0.15, 0.2) is 53.6 Å². The molecular weight excluding hydrogens is 474 g/mol. The van der Waals surface area contributed by atoms with Crippen LogP contribution in [0.1, 0.15) is 40.6 Å². The van der Waals surface area contributed by atoms with Gasteiger partial charge in [0.15, 0.2) is 0 Å². The first-order chi connectivity index (χ1) is 16.7. The minimum absolute atomic E-state index is 0.0969. The van der Waals surface area contributed by atoms with Gasteiger partial charge >= 0.3 is 0 Å². The number of para-hydroxylation sites is 1. The highest BCUT2D eigenvalue weighted by atomic mass is 32.1. The predicted molar refractivity (Wildman–Crippen MR) is 132 cm³/mol. The van der Waals surface area contributed by atoms with Crippen LogP contribution in [0.5, 0.6) is 0 Å². The lowest BCUT2D eigenvalue weighted by molar-refractivity contribution is -0.116. The van der Waals surface area contributed by atoms with Gasteiger partial charge in [-0.15, -0.1) is 11.3 Å². The molecule has 2 N–H and O–H groups in total. The zero-order chi connectivity index (χ0) is 25.3. The first kappa shape index (κ1) is 24.2. The van der Waals surface area contributed by atoms with E-state index >= 15 is 0 Å². The van der Waals surface area contributed by atoms with Crippen LogP contribution in [0.25, 0.3) is 10.2 Å². The second-order valence-corrected chi connectivity index (χ2v) is 9.29. The molecule has 0 saturated carbocycles. The summed E-state index contributed by atoms with van der Waals surface area (Å²) in [7, 11) is 0. The first-order valence-electron chi connectivity index (χ1n) is 10.8. The minimum Gasteiger partial charge on any atom is -0.325 e. The number of fused-ring (bicyclic) bond motifs is 1. The average Bonchev–Trinajstić information content (AvgIpc) is 3.15. The molecule has 2 amide bonds. The van der Waals surface area contributed by atoms with Gasteiger partial charge in [0.05, 0.1) is 16.6 Å². The van der Waals surface area contributed by atoms with E-state index in [1.807, 2.05) is 12.1 Å². The van der Waals surface area contributed by atoms with Crippen LogP contribution in [-0.4, -0.2) is 21.4 Å². The molecule has 180 valence electrons. The molecule has 0 radical (unpaired) electrons. The van der Waals surface area contributed by atoms with Gasteiger partial charge in [0, 0.05) is 5.69 Å². The maximum absolute atomic E-state index is 13.9. The Kier molecular flexibility index (Phi) is 6.74. The van der Waals surface area contributed by atoms with E-state index in [0.29, 0.717) is 17.2 Å². The predicted octanol–water partition coefficient (Wildman–Crippen LogP) is 5.06. The van der Waals surface area contributed by atoms with Gasteiger partial charge in [-0.3, -0.25) is 19.0 Å². The molecule has 0 aliphatic carbocycles. The van der Waals surface area contributed by atoms with Crippen LogP contribution in [0, 0.1) is 18.6 Å². The molecule has 0 saturated heterocycles. The molecule has 4 rings (SSSR count). The smallest absolute Gasteiger partial charge is 0.266 e. The maximum atomic E-state index is 13.9. The number of carbonyl (C=O) groups excluding carboxylic acids is 2. The number of anilines is 2. The Morgan fingerprint density at radius 3 is 2.34 bits per heavy atom. The molecule has 0 aliphatic rings. The standard InChI is InChI=1S/C25H22F2N4O3S/c1-13(2)15-7-9-16(10-8-15)29-19(32)11-31-12-28-24-20(25(31)34)14(3)22(35-24)23(33)30-21-17(26)5-4-6-18(21)27/h4-10,12-13H,11H2,1-3H3,(H,29,32)(H,30,33). The van der Waals surface area contributed by atoms with E-state index in [0.717, 1.165) is 33.6 Å². The Morgan fingerprint density at radius 1 is 1.06 bits per heavy atom. The molecular formula is C25H22F2N4O3S. The molecule has 0 aliphatic heterocycles. The van der Waals surface area contributed by atoms with Crippen molar-refractivity contribution in [3.8, 4) is 0 Å². The van der Waals surface area contributed by atoms with Crippen molar-refractivity contribution in [2.45, 2.75) is 33.2 Å². The van der Waals surface area contributed by atoms with Crippen LogP contribution in [-0.2, 0) is 11.3 Å². The van der Waals surface area contributed by atoms with Crippen molar-refractivity contribution in [2.24, 2.45) is 0 Å². The number of benzene rings is 2. The number of nitrogens with one attached hydrogen (secondary N) is 2. The van der Waals surface area contributed by atoms with Crippen molar-refractivity contribution >= 4 is 44.7 Å². The van der Waals surface area contributed by atoms with Crippen molar-refractivity contribution in [1.82, 2.24) is 9.55 Å². The Morgan fingerprint density at radius 2 is 1.71 bits per heavy atom. The van der Waals surface area contributed by atoms with Gasteiger partial charge in [0.1, 0.15) is 28.7 Å². The van der Waals surface area contributed by atoms with Gasteiger partial charge in [0.25, 0.3) is 11.5 Å². The van der Waals surface area contributed by atoms with E-state index in [-0.39, 0.29) is 21.6 Å². The molecule has 10 heteroatoms.